The van der Waals surface area contributed by atoms with E-state index in [2.05, 4.69) is 14.8 Å². The molecule has 154 valence electrons. The number of halogens is 1. The number of esters is 2. The van der Waals surface area contributed by atoms with Crippen molar-refractivity contribution < 1.29 is 28.6 Å². The highest BCUT2D eigenvalue weighted by Gasteiger charge is 2.28. The minimum Gasteiger partial charge on any atom is -0.468 e. The monoisotopic (exact) mass is 419 g/mol. The summed E-state index contributed by atoms with van der Waals surface area (Å²) in [5, 5.41) is 3.11. The summed E-state index contributed by atoms with van der Waals surface area (Å²) in [5.41, 5.74) is 2.21. The van der Waals surface area contributed by atoms with Crippen molar-refractivity contribution in [3.8, 4) is 0 Å². The Hall–Kier alpha value is -3.06. The number of ether oxygens (including phenoxy) is 3. The van der Waals surface area contributed by atoms with Crippen molar-refractivity contribution in [2.75, 3.05) is 26.1 Å². The molecule has 2 aromatic rings. The van der Waals surface area contributed by atoms with E-state index in [1.54, 1.807) is 30.3 Å². The zero-order valence-electron chi connectivity index (χ0n) is 16.1. The normalized spacial score (nSPS) is 10.3. The van der Waals surface area contributed by atoms with Gasteiger partial charge in [0.15, 0.2) is 5.92 Å². The predicted molar refractivity (Wildman–Crippen MR) is 108 cm³/mol. The smallest absolute Gasteiger partial charge is 0.411 e. The van der Waals surface area contributed by atoms with Gasteiger partial charge in [-0.1, -0.05) is 41.9 Å². The molecule has 0 atom stereocenters. The van der Waals surface area contributed by atoms with Crippen molar-refractivity contribution in [1.82, 2.24) is 0 Å². The molecule has 7 nitrogen and oxygen atoms in total. The van der Waals surface area contributed by atoms with E-state index in [9.17, 15) is 14.4 Å². The fraction of sp³-hybridized carbons (Fsp3) is 0.286. The van der Waals surface area contributed by atoms with Gasteiger partial charge in [0.2, 0.25) is 0 Å². The highest BCUT2D eigenvalue weighted by atomic mass is 35.5. The van der Waals surface area contributed by atoms with Gasteiger partial charge in [-0.25, -0.2) is 4.79 Å². The third-order valence-electron chi connectivity index (χ3n) is 4.10. The second-order valence-corrected chi connectivity index (χ2v) is 6.58. The lowest BCUT2D eigenvalue weighted by atomic mass is 9.97. The maximum atomic E-state index is 11.9. The molecule has 0 unspecified atom stereocenters. The van der Waals surface area contributed by atoms with E-state index in [0.717, 1.165) is 11.1 Å². The molecule has 2 aromatic carbocycles. The van der Waals surface area contributed by atoms with Crippen LogP contribution in [0.2, 0.25) is 5.02 Å². The van der Waals surface area contributed by atoms with Gasteiger partial charge in [-0.15, -0.1) is 0 Å². The van der Waals surface area contributed by atoms with Gasteiger partial charge in [-0.05, 0) is 35.7 Å². The molecule has 1 amide bonds. The SMILES string of the molecule is COC(=O)C(Cc1cccc(CCOC(=O)Nc2cccc(Cl)c2)c1)C(=O)OC. The molecule has 0 aliphatic rings. The van der Waals surface area contributed by atoms with Crippen molar-refractivity contribution in [1.29, 1.82) is 0 Å². The van der Waals surface area contributed by atoms with Gasteiger partial charge in [0, 0.05) is 17.1 Å². The van der Waals surface area contributed by atoms with Crippen molar-refractivity contribution in [3.05, 3.63) is 64.7 Å². The van der Waals surface area contributed by atoms with Crippen molar-refractivity contribution in [2.45, 2.75) is 12.8 Å². The van der Waals surface area contributed by atoms with Crippen LogP contribution in [-0.2, 0) is 36.6 Å². The highest BCUT2D eigenvalue weighted by molar-refractivity contribution is 6.30. The molecule has 0 saturated carbocycles. The van der Waals surface area contributed by atoms with E-state index in [0.29, 0.717) is 17.1 Å². The predicted octanol–water partition coefficient (Wildman–Crippen LogP) is 3.64. The van der Waals surface area contributed by atoms with Crippen LogP contribution in [0.1, 0.15) is 11.1 Å². The first-order valence-corrected chi connectivity index (χ1v) is 9.23. The molecule has 0 spiro atoms. The molecule has 2 rings (SSSR count). The molecule has 0 heterocycles. The minimum atomic E-state index is -1.03. The average molecular weight is 420 g/mol. The average Bonchev–Trinajstić information content (AvgIpc) is 2.71. The standard InChI is InChI=1S/C21H22ClNO6/c1-27-19(24)18(20(25)28-2)12-15-6-3-5-14(11-15)9-10-29-21(26)23-17-8-4-7-16(22)13-17/h3-8,11,13,18H,9-10,12H2,1-2H3,(H,23,26). The van der Waals surface area contributed by atoms with Gasteiger partial charge < -0.3 is 14.2 Å². The third kappa shape index (κ3) is 7.12. The number of carbonyl (C=O) groups is 3. The van der Waals surface area contributed by atoms with E-state index in [4.69, 9.17) is 16.3 Å². The zero-order valence-corrected chi connectivity index (χ0v) is 16.9. The minimum absolute atomic E-state index is 0.156. The first-order valence-electron chi connectivity index (χ1n) is 8.85. The number of hydrogen-bond donors (Lipinski definition) is 1. The molecule has 0 aromatic heterocycles. The van der Waals surface area contributed by atoms with Crippen LogP contribution >= 0.6 is 11.6 Å². The van der Waals surface area contributed by atoms with Crippen LogP contribution in [0, 0.1) is 5.92 Å². The number of hydrogen-bond acceptors (Lipinski definition) is 6. The van der Waals surface area contributed by atoms with E-state index in [1.165, 1.54) is 14.2 Å². The molecule has 0 radical (unpaired) electrons. The number of benzene rings is 2. The molecule has 8 heteroatoms. The second-order valence-electron chi connectivity index (χ2n) is 6.14. The first-order chi connectivity index (χ1) is 13.9. The molecule has 29 heavy (non-hydrogen) atoms. The summed E-state index contributed by atoms with van der Waals surface area (Å²) in [6.45, 7) is 0.160. The Kier molecular flexibility index (Phi) is 8.48. The van der Waals surface area contributed by atoms with E-state index >= 15 is 0 Å². The molecule has 0 aliphatic heterocycles. The van der Waals surface area contributed by atoms with Crippen LogP contribution in [0.4, 0.5) is 10.5 Å². The van der Waals surface area contributed by atoms with E-state index in [-0.39, 0.29) is 13.0 Å². The lowest BCUT2D eigenvalue weighted by Gasteiger charge is -2.13. The van der Waals surface area contributed by atoms with Gasteiger partial charge in [0.1, 0.15) is 0 Å². The molecular weight excluding hydrogens is 398 g/mol. The quantitative estimate of drug-likeness (QED) is 0.399. The van der Waals surface area contributed by atoms with Crippen LogP contribution in [-0.4, -0.2) is 38.9 Å². The largest absolute Gasteiger partial charge is 0.468 e. The van der Waals surface area contributed by atoms with Gasteiger partial charge in [-0.2, -0.15) is 0 Å². The van der Waals surface area contributed by atoms with Crippen molar-refractivity contribution in [3.63, 3.8) is 0 Å². The lowest BCUT2D eigenvalue weighted by molar-refractivity contribution is -0.158. The van der Waals surface area contributed by atoms with Crippen molar-refractivity contribution in [2.24, 2.45) is 5.92 Å². The summed E-state index contributed by atoms with van der Waals surface area (Å²) in [5.74, 6) is -2.33. The van der Waals surface area contributed by atoms with Crippen molar-refractivity contribution >= 4 is 35.3 Å². The topological polar surface area (TPSA) is 90.9 Å². The van der Waals surface area contributed by atoms with E-state index < -0.39 is 23.9 Å². The Labute approximate surface area is 173 Å². The first kappa shape index (κ1) is 22.2. The molecule has 0 fully saturated rings. The Morgan fingerprint density at radius 3 is 2.28 bits per heavy atom. The number of nitrogens with one attached hydrogen (secondary N) is 1. The number of carbonyl (C=O) groups excluding carboxylic acids is 3. The van der Waals surface area contributed by atoms with Gasteiger partial charge in [0.05, 0.1) is 20.8 Å². The summed E-state index contributed by atoms with van der Waals surface area (Å²) < 4.78 is 14.5. The maximum absolute atomic E-state index is 11.9. The molecule has 1 N–H and O–H groups in total. The molecule has 0 saturated heterocycles. The third-order valence-corrected chi connectivity index (χ3v) is 4.33. The summed E-state index contributed by atoms with van der Waals surface area (Å²) in [4.78, 5) is 35.5. The highest BCUT2D eigenvalue weighted by Crippen LogP contribution is 2.16. The summed E-state index contributed by atoms with van der Waals surface area (Å²) in [6.07, 6.45) is 0.0428. The van der Waals surface area contributed by atoms with E-state index in [1.807, 2.05) is 18.2 Å². The number of amides is 1. The summed E-state index contributed by atoms with van der Waals surface area (Å²) in [7, 11) is 2.45. The number of methoxy groups -OCH3 is 2. The van der Waals surface area contributed by atoms with Crippen LogP contribution in [0.3, 0.4) is 0 Å². The number of anilines is 1. The van der Waals surface area contributed by atoms with Crippen LogP contribution < -0.4 is 5.32 Å². The second kappa shape index (κ2) is 11.1. The Morgan fingerprint density at radius 1 is 0.966 bits per heavy atom. The van der Waals surface area contributed by atoms with Crippen LogP contribution in [0.15, 0.2) is 48.5 Å². The van der Waals surface area contributed by atoms with Gasteiger partial charge in [0.25, 0.3) is 0 Å². The van der Waals surface area contributed by atoms with Gasteiger partial charge >= 0.3 is 18.0 Å². The fourth-order valence-corrected chi connectivity index (χ4v) is 2.87. The van der Waals surface area contributed by atoms with Crippen LogP contribution in [0.25, 0.3) is 0 Å². The molecule has 0 bridgehead atoms. The fourth-order valence-electron chi connectivity index (χ4n) is 2.68. The Morgan fingerprint density at radius 2 is 1.62 bits per heavy atom. The molecular formula is C21H22ClNO6. The lowest BCUT2D eigenvalue weighted by Crippen LogP contribution is -2.28. The summed E-state index contributed by atoms with van der Waals surface area (Å²) >= 11 is 5.87. The Bertz CT molecular complexity index is 854. The molecule has 0 aliphatic carbocycles. The number of rotatable bonds is 8. The zero-order chi connectivity index (χ0) is 21.2. The Balaban J connectivity index is 1.89. The van der Waals surface area contributed by atoms with Gasteiger partial charge in [-0.3, -0.25) is 14.9 Å². The maximum Gasteiger partial charge on any atom is 0.411 e. The summed E-state index contributed by atoms with van der Waals surface area (Å²) in [6, 6.07) is 14.1. The van der Waals surface area contributed by atoms with Crippen LogP contribution in [0.5, 0.6) is 0 Å².